The first-order chi connectivity index (χ1) is 22.3. The zero-order chi connectivity index (χ0) is 30.9. The van der Waals surface area contributed by atoms with Gasteiger partial charge in [0, 0.05) is 13.2 Å². The number of benzene rings is 4. The second-order valence-corrected chi connectivity index (χ2v) is 11.1. The van der Waals surface area contributed by atoms with Crippen LogP contribution in [0.2, 0.25) is 0 Å². The van der Waals surface area contributed by atoms with Gasteiger partial charge in [-0.3, -0.25) is 0 Å². The molecule has 1 aliphatic heterocycles. The Morgan fingerprint density at radius 2 is 0.933 bits per heavy atom. The molecule has 0 saturated carbocycles. The highest BCUT2D eigenvalue weighted by molar-refractivity contribution is 5.16. The van der Waals surface area contributed by atoms with Crippen molar-refractivity contribution in [3.05, 3.63) is 144 Å². The Balaban J connectivity index is 1.41. The summed E-state index contributed by atoms with van der Waals surface area (Å²) in [6.07, 6.45) is -1.51. The number of ether oxygens (including phenoxy) is 6. The van der Waals surface area contributed by atoms with Gasteiger partial charge in [0.15, 0.2) is 6.29 Å². The molecule has 0 unspecified atom stereocenters. The monoisotopic (exact) mass is 612 g/mol. The van der Waals surface area contributed by atoms with E-state index in [-0.39, 0.29) is 13.2 Å². The lowest BCUT2D eigenvalue weighted by molar-refractivity contribution is -0.328. The van der Waals surface area contributed by atoms with E-state index in [1.807, 2.05) is 121 Å². The van der Waals surface area contributed by atoms with Crippen molar-refractivity contribution in [2.75, 3.05) is 19.8 Å². The molecule has 45 heavy (non-hydrogen) atoms. The van der Waals surface area contributed by atoms with Gasteiger partial charge in [-0.1, -0.05) is 121 Å². The quantitative estimate of drug-likeness (QED) is 0.129. The van der Waals surface area contributed by atoms with Gasteiger partial charge < -0.3 is 33.5 Å². The van der Waals surface area contributed by atoms with E-state index in [0.29, 0.717) is 45.9 Å². The van der Waals surface area contributed by atoms with E-state index >= 15 is 0 Å². The average Bonchev–Trinajstić information content (AvgIpc) is 3.10. The molecular formula is C38H44O7. The number of hydrogen-bond donors (Lipinski definition) is 1. The summed E-state index contributed by atoms with van der Waals surface area (Å²) in [5, 5.41) is 9.34. The fourth-order valence-electron chi connectivity index (χ4n) is 5.29. The van der Waals surface area contributed by atoms with E-state index < -0.39 is 30.7 Å². The minimum Gasteiger partial charge on any atom is -0.396 e. The SMILES string of the molecule is OCCCCO[C@@H]1O[C@H](COCc2ccccc2)[C@@H](OCc2ccccc2)[C@H](OCc2ccccc2)[C@H]1OCc1ccccc1. The van der Waals surface area contributed by atoms with E-state index in [4.69, 9.17) is 28.4 Å². The number of aliphatic hydroxyl groups excluding tert-OH is 1. The van der Waals surface area contributed by atoms with Crippen molar-refractivity contribution in [2.45, 2.75) is 70.0 Å². The highest BCUT2D eigenvalue weighted by Gasteiger charge is 2.49. The van der Waals surface area contributed by atoms with Crippen LogP contribution in [-0.2, 0) is 54.8 Å². The van der Waals surface area contributed by atoms with Crippen molar-refractivity contribution >= 4 is 0 Å². The summed E-state index contributed by atoms with van der Waals surface area (Å²) in [5.74, 6) is 0. The number of aliphatic hydroxyl groups is 1. The third-order valence-electron chi connectivity index (χ3n) is 7.68. The normalized spacial score (nSPS) is 21.5. The van der Waals surface area contributed by atoms with E-state index in [2.05, 4.69) is 0 Å². The number of hydrogen-bond acceptors (Lipinski definition) is 7. The molecule has 0 radical (unpaired) electrons. The molecule has 0 aliphatic carbocycles. The molecule has 1 heterocycles. The second kappa shape index (κ2) is 18.5. The lowest BCUT2D eigenvalue weighted by Crippen LogP contribution is -2.61. The molecule has 4 aromatic carbocycles. The van der Waals surface area contributed by atoms with Gasteiger partial charge in [-0.2, -0.15) is 0 Å². The van der Waals surface area contributed by atoms with E-state index in [1.165, 1.54) is 0 Å². The Hall–Kier alpha value is -3.40. The van der Waals surface area contributed by atoms with Gasteiger partial charge in [0.2, 0.25) is 0 Å². The first kappa shape index (κ1) is 33.0. The van der Waals surface area contributed by atoms with Crippen LogP contribution in [0.5, 0.6) is 0 Å². The first-order valence-electron chi connectivity index (χ1n) is 15.8. The van der Waals surface area contributed by atoms with Gasteiger partial charge in [0.05, 0.1) is 33.0 Å². The molecule has 4 aromatic rings. The molecule has 0 aromatic heterocycles. The zero-order valence-electron chi connectivity index (χ0n) is 25.7. The number of unbranched alkanes of at least 4 members (excludes halogenated alkanes) is 1. The molecule has 0 amide bonds. The molecule has 7 nitrogen and oxygen atoms in total. The molecule has 7 heteroatoms. The standard InChI is InChI=1S/C38H44O7/c39-23-13-14-24-41-38-37(44-28-33-21-11-4-12-22-33)36(43-27-32-19-9-3-10-20-32)35(42-26-31-17-7-2-8-18-31)34(45-38)29-40-25-30-15-5-1-6-16-30/h1-12,15-22,34-39H,13-14,23-29H2/t34-,35-,36+,37-,38-/m1/s1. The maximum absolute atomic E-state index is 9.34. The zero-order valence-corrected chi connectivity index (χ0v) is 25.7. The van der Waals surface area contributed by atoms with Crippen LogP contribution in [0.25, 0.3) is 0 Å². The van der Waals surface area contributed by atoms with Gasteiger partial charge in [-0.25, -0.2) is 0 Å². The van der Waals surface area contributed by atoms with Crippen LogP contribution < -0.4 is 0 Å². The summed E-state index contributed by atoms with van der Waals surface area (Å²) >= 11 is 0. The second-order valence-electron chi connectivity index (χ2n) is 11.1. The van der Waals surface area contributed by atoms with E-state index in [9.17, 15) is 5.11 Å². The van der Waals surface area contributed by atoms with Crippen LogP contribution in [0.1, 0.15) is 35.1 Å². The Kier molecular flexibility index (Phi) is 13.6. The van der Waals surface area contributed by atoms with Crippen LogP contribution in [0.4, 0.5) is 0 Å². The molecule has 1 N–H and O–H groups in total. The van der Waals surface area contributed by atoms with Crippen LogP contribution in [-0.4, -0.2) is 55.6 Å². The predicted octanol–water partition coefficient (Wildman–Crippen LogP) is 6.47. The summed E-state index contributed by atoms with van der Waals surface area (Å²) < 4.78 is 39.2. The summed E-state index contributed by atoms with van der Waals surface area (Å²) in [5.41, 5.74) is 4.21. The highest BCUT2D eigenvalue weighted by atomic mass is 16.7. The summed E-state index contributed by atoms with van der Waals surface area (Å²) in [7, 11) is 0. The largest absolute Gasteiger partial charge is 0.396 e. The fourth-order valence-corrected chi connectivity index (χ4v) is 5.29. The average molecular weight is 613 g/mol. The molecule has 238 valence electrons. The molecule has 1 aliphatic rings. The minimum absolute atomic E-state index is 0.108. The molecule has 1 saturated heterocycles. The van der Waals surface area contributed by atoms with Crippen molar-refractivity contribution in [1.29, 1.82) is 0 Å². The molecule has 0 spiro atoms. The van der Waals surface area contributed by atoms with Gasteiger partial charge in [-0.05, 0) is 35.1 Å². The van der Waals surface area contributed by atoms with E-state index in [0.717, 1.165) is 22.3 Å². The van der Waals surface area contributed by atoms with Crippen molar-refractivity contribution in [2.24, 2.45) is 0 Å². The lowest BCUT2D eigenvalue weighted by atomic mass is 9.97. The van der Waals surface area contributed by atoms with Crippen molar-refractivity contribution < 1.29 is 33.5 Å². The first-order valence-corrected chi connectivity index (χ1v) is 15.8. The van der Waals surface area contributed by atoms with Crippen LogP contribution in [0.3, 0.4) is 0 Å². The van der Waals surface area contributed by atoms with Crippen molar-refractivity contribution in [3.63, 3.8) is 0 Å². The maximum Gasteiger partial charge on any atom is 0.186 e. The van der Waals surface area contributed by atoms with Crippen molar-refractivity contribution in [1.82, 2.24) is 0 Å². The third kappa shape index (κ3) is 10.6. The molecular weight excluding hydrogens is 568 g/mol. The van der Waals surface area contributed by atoms with E-state index in [1.54, 1.807) is 0 Å². The Labute approximate surface area is 266 Å². The van der Waals surface area contributed by atoms with Gasteiger partial charge in [0.25, 0.3) is 0 Å². The third-order valence-corrected chi connectivity index (χ3v) is 7.68. The lowest BCUT2D eigenvalue weighted by Gasteiger charge is -2.46. The van der Waals surface area contributed by atoms with Crippen LogP contribution in [0.15, 0.2) is 121 Å². The Bertz CT molecular complexity index is 1320. The predicted molar refractivity (Wildman–Crippen MR) is 172 cm³/mol. The van der Waals surface area contributed by atoms with Gasteiger partial charge in [0.1, 0.15) is 24.4 Å². The highest BCUT2D eigenvalue weighted by Crippen LogP contribution is 2.31. The summed E-state index contributed by atoms with van der Waals surface area (Å²) in [4.78, 5) is 0. The maximum atomic E-state index is 9.34. The minimum atomic E-state index is -0.727. The fraction of sp³-hybridized carbons (Fsp3) is 0.368. The molecule has 0 bridgehead atoms. The van der Waals surface area contributed by atoms with Gasteiger partial charge in [-0.15, -0.1) is 0 Å². The molecule has 1 fully saturated rings. The smallest absolute Gasteiger partial charge is 0.186 e. The van der Waals surface area contributed by atoms with Crippen LogP contribution in [0, 0.1) is 0 Å². The summed E-state index contributed by atoms with van der Waals surface area (Å²) in [6.45, 7) is 2.35. The Morgan fingerprint density at radius 1 is 0.489 bits per heavy atom. The van der Waals surface area contributed by atoms with Crippen LogP contribution >= 0.6 is 0 Å². The Morgan fingerprint density at radius 3 is 1.42 bits per heavy atom. The molecule has 5 rings (SSSR count). The van der Waals surface area contributed by atoms with Gasteiger partial charge >= 0.3 is 0 Å². The molecule has 5 atom stereocenters. The topological polar surface area (TPSA) is 75.6 Å². The van der Waals surface area contributed by atoms with Crippen molar-refractivity contribution in [3.8, 4) is 0 Å². The summed E-state index contributed by atoms with van der Waals surface area (Å²) in [6, 6.07) is 40.3. The number of rotatable bonds is 18.